The number of unbranched alkanes of at least 4 members (excludes halogenated alkanes) is 1. The molecule has 1 heterocycles. The summed E-state index contributed by atoms with van der Waals surface area (Å²) in [5.41, 5.74) is 1.12. The molecule has 0 atom stereocenters. The average molecular weight is 240 g/mol. The highest BCUT2D eigenvalue weighted by atomic mass is 32.1. The van der Waals surface area contributed by atoms with Crippen LogP contribution >= 0.6 is 11.3 Å². The van der Waals surface area contributed by atoms with E-state index in [-0.39, 0.29) is 12.5 Å². The van der Waals surface area contributed by atoms with Gasteiger partial charge < -0.3 is 10.4 Å². The number of amides is 1. The van der Waals surface area contributed by atoms with E-state index in [1.807, 2.05) is 5.38 Å². The van der Waals surface area contributed by atoms with E-state index in [0.717, 1.165) is 12.1 Å². The molecule has 0 aliphatic heterocycles. The van der Waals surface area contributed by atoms with Gasteiger partial charge in [0.1, 0.15) is 0 Å². The molecule has 1 aromatic rings. The number of aromatic nitrogens is 1. The zero-order valence-electron chi connectivity index (χ0n) is 9.11. The number of nitrogens with one attached hydrogen (secondary N) is 1. The van der Waals surface area contributed by atoms with Crippen LogP contribution in [-0.2, 0) is 4.79 Å². The van der Waals surface area contributed by atoms with Crippen LogP contribution in [0.4, 0.5) is 5.13 Å². The Kier molecular flexibility index (Phi) is 3.90. The molecule has 2 N–H and O–H groups in total. The summed E-state index contributed by atoms with van der Waals surface area (Å²) in [4.78, 5) is 15.8. The van der Waals surface area contributed by atoms with Crippen LogP contribution in [0.3, 0.4) is 0 Å². The van der Waals surface area contributed by atoms with E-state index >= 15 is 0 Å². The smallest absolute Gasteiger partial charge is 0.226 e. The van der Waals surface area contributed by atoms with Gasteiger partial charge in [0.15, 0.2) is 5.13 Å². The Bertz CT molecular complexity index is 361. The minimum Gasteiger partial charge on any atom is -0.396 e. The highest BCUT2D eigenvalue weighted by Crippen LogP contribution is 2.40. The Balaban J connectivity index is 1.76. The van der Waals surface area contributed by atoms with E-state index in [0.29, 0.717) is 23.9 Å². The maximum atomic E-state index is 11.5. The lowest BCUT2D eigenvalue weighted by Gasteiger charge is -2.00. The molecule has 88 valence electrons. The van der Waals surface area contributed by atoms with Crippen molar-refractivity contribution >= 4 is 22.4 Å². The third-order valence-electron chi connectivity index (χ3n) is 2.58. The molecular weight excluding hydrogens is 224 g/mol. The Morgan fingerprint density at radius 1 is 1.56 bits per heavy atom. The van der Waals surface area contributed by atoms with Crippen LogP contribution in [0.5, 0.6) is 0 Å². The van der Waals surface area contributed by atoms with Gasteiger partial charge in [-0.3, -0.25) is 4.79 Å². The molecule has 0 saturated heterocycles. The summed E-state index contributed by atoms with van der Waals surface area (Å²) in [7, 11) is 0. The first kappa shape index (κ1) is 11.5. The maximum Gasteiger partial charge on any atom is 0.226 e. The summed E-state index contributed by atoms with van der Waals surface area (Å²) in [5, 5.41) is 14.1. The van der Waals surface area contributed by atoms with Crippen LogP contribution in [0, 0.1) is 0 Å². The highest BCUT2D eigenvalue weighted by molar-refractivity contribution is 7.13. The minimum atomic E-state index is -0.00912. The second kappa shape index (κ2) is 5.41. The van der Waals surface area contributed by atoms with Crippen molar-refractivity contribution in [2.45, 2.75) is 38.0 Å². The van der Waals surface area contributed by atoms with Crippen LogP contribution in [0.15, 0.2) is 5.38 Å². The zero-order valence-corrected chi connectivity index (χ0v) is 9.92. The number of thiazole rings is 1. The molecule has 4 nitrogen and oxygen atoms in total. The summed E-state index contributed by atoms with van der Waals surface area (Å²) < 4.78 is 0. The van der Waals surface area contributed by atoms with Gasteiger partial charge in [0.05, 0.1) is 5.69 Å². The Morgan fingerprint density at radius 2 is 2.38 bits per heavy atom. The molecule has 0 bridgehead atoms. The fraction of sp³-hybridized carbons (Fsp3) is 0.636. The lowest BCUT2D eigenvalue weighted by Crippen LogP contribution is -2.11. The summed E-state index contributed by atoms with van der Waals surface area (Å²) in [5.74, 6) is 0.626. The van der Waals surface area contributed by atoms with E-state index in [1.54, 1.807) is 0 Å². The second-order valence-corrected chi connectivity index (χ2v) is 4.94. The van der Waals surface area contributed by atoms with Crippen molar-refractivity contribution in [3.63, 3.8) is 0 Å². The summed E-state index contributed by atoms with van der Waals surface area (Å²) >= 11 is 1.49. The van der Waals surface area contributed by atoms with E-state index in [2.05, 4.69) is 10.3 Å². The van der Waals surface area contributed by atoms with Gasteiger partial charge in [-0.1, -0.05) is 0 Å². The van der Waals surface area contributed by atoms with Gasteiger partial charge in [-0.2, -0.15) is 0 Å². The van der Waals surface area contributed by atoms with Crippen LogP contribution in [0.1, 0.15) is 43.7 Å². The zero-order chi connectivity index (χ0) is 11.4. The largest absolute Gasteiger partial charge is 0.396 e. The SMILES string of the molecule is O=C(CCCCO)Nc1nc(C2CC2)cs1. The summed E-state index contributed by atoms with van der Waals surface area (Å²) in [6, 6.07) is 0. The molecule has 1 aliphatic rings. The maximum absolute atomic E-state index is 11.5. The van der Waals surface area contributed by atoms with Crippen LogP contribution in [0.2, 0.25) is 0 Å². The number of carbonyl (C=O) groups is 1. The number of anilines is 1. The number of rotatable bonds is 6. The van der Waals surface area contributed by atoms with Crippen LogP contribution in [0.25, 0.3) is 0 Å². The molecule has 1 aliphatic carbocycles. The summed E-state index contributed by atoms with van der Waals surface area (Å²) in [6.45, 7) is 0.149. The molecule has 1 aromatic heterocycles. The van der Waals surface area contributed by atoms with Gasteiger partial charge in [-0.15, -0.1) is 11.3 Å². The Hall–Kier alpha value is -0.940. The Morgan fingerprint density at radius 3 is 3.06 bits per heavy atom. The molecule has 5 heteroatoms. The van der Waals surface area contributed by atoms with Gasteiger partial charge in [-0.25, -0.2) is 4.98 Å². The van der Waals surface area contributed by atoms with E-state index in [1.165, 1.54) is 24.2 Å². The molecule has 1 amide bonds. The highest BCUT2D eigenvalue weighted by Gasteiger charge is 2.26. The molecular formula is C11H16N2O2S. The van der Waals surface area contributed by atoms with Crippen molar-refractivity contribution in [1.29, 1.82) is 0 Å². The summed E-state index contributed by atoms with van der Waals surface area (Å²) in [6.07, 6.45) is 4.32. The Labute approximate surface area is 98.7 Å². The minimum absolute atomic E-state index is 0.00912. The molecule has 2 rings (SSSR count). The first-order valence-electron chi connectivity index (χ1n) is 5.65. The normalized spacial score (nSPS) is 15.1. The molecule has 0 spiro atoms. The van der Waals surface area contributed by atoms with Gasteiger partial charge in [0, 0.05) is 24.3 Å². The standard InChI is InChI=1S/C11H16N2O2S/c14-6-2-1-3-10(15)13-11-12-9(7-16-11)8-4-5-8/h7-8,14H,1-6H2,(H,12,13,15). The second-order valence-electron chi connectivity index (χ2n) is 4.08. The van der Waals surface area contributed by atoms with Gasteiger partial charge in [0.2, 0.25) is 5.91 Å². The van der Waals surface area contributed by atoms with Crippen LogP contribution in [-0.4, -0.2) is 22.6 Å². The molecule has 0 radical (unpaired) electrons. The van der Waals surface area contributed by atoms with Crippen LogP contribution < -0.4 is 5.32 Å². The van der Waals surface area contributed by atoms with Crippen molar-refractivity contribution in [2.24, 2.45) is 0 Å². The van der Waals surface area contributed by atoms with Gasteiger partial charge in [-0.05, 0) is 25.7 Å². The lowest BCUT2D eigenvalue weighted by atomic mass is 10.2. The number of aliphatic hydroxyl groups is 1. The predicted octanol–water partition coefficient (Wildman–Crippen LogP) is 2.12. The molecule has 1 saturated carbocycles. The number of aliphatic hydroxyl groups excluding tert-OH is 1. The quantitative estimate of drug-likeness (QED) is 0.749. The lowest BCUT2D eigenvalue weighted by molar-refractivity contribution is -0.116. The monoisotopic (exact) mass is 240 g/mol. The topological polar surface area (TPSA) is 62.2 Å². The van der Waals surface area contributed by atoms with E-state index < -0.39 is 0 Å². The van der Waals surface area contributed by atoms with Crippen molar-refractivity contribution < 1.29 is 9.90 Å². The van der Waals surface area contributed by atoms with Crippen molar-refractivity contribution in [1.82, 2.24) is 4.98 Å². The fourth-order valence-corrected chi connectivity index (χ4v) is 2.30. The number of hydrogen-bond donors (Lipinski definition) is 2. The van der Waals surface area contributed by atoms with Gasteiger partial charge in [0.25, 0.3) is 0 Å². The average Bonchev–Trinajstić information content (AvgIpc) is 3.01. The van der Waals surface area contributed by atoms with E-state index in [4.69, 9.17) is 5.11 Å². The number of hydrogen-bond acceptors (Lipinski definition) is 4. The first-order valence-corrected chi connectivity index (χ1v) is 6.53. The predicted molar refractivity (Wildman–Crippen MR) is 63.7 cm³/mol. The first-order chi connectivity index (χ1) is 7.79. The van der Waals surface area contributed by atoms with Crippen molar-refractivity contribution in [3.8, 4) is 0 Å². The van der Waals surface area contributed by atoms with Crippen molar-refractivity contribution in [3.05, 3.63) is 11.1 Å². The molecule has 0 unspecified atom stereocenters. The third-order valence-corrected chi connectivity index (χ3v) is 3.35. The van der Waals surface area contributed by atoms with Gasteiger partial charge >= 0.3 is 0 Å². The molecule has 1 fully saturated rings. The number of nitrogens with zero attached hydrogens (tertiary/aromatic N) is 1. The third kappa shape index (κ3) is 3.28. The van der Waals surface area contributed by atoms with E-state index in [9.17, 15) is 4.79 Å². The molecule has 0 aromatic carbocycles. The van der Waals surface area contributed by atoms with Crippen molar-refractivity contribution in [2.75, 3.05) is 11.9 Å². The molecule has 16 heavy (non-hydrogen) atoms. The number of carbonyl (C=O) groups excluding carboxylic acids is 1. The fourth-order valence-electron chi connectivity index (χ4n) is 1.49.